The smallest absolute Gasteiger partial charge is 0.205 e. The predicted octanol–water partition coefficient (Wildman–Crippen LogP) is 4.53. The van der Waals surface area contributed by atoms with Gasteiger partial charge in [-0.25, -0.2) is 9.07 Å². The highest BCUT2D eigenvalue weighted by atomic mass is 79.9. The van der Waals surface area contributed by atoms with Crippen molar-refractivity contribution in [3.63, 3.8) is 0 Å². The van der Waals surface area contributed by atoms with Crippen LogP contribution in [0.25, 0.3) is 11.3 Å². The molecule has 0 fully saturated rings. The Kier molecular flexibility index (Phi) is 4.83. The van der Waals surface area contributed by atoms with Gasteiger partial charge in [0.2, 0.25) is 4.80 Å². The van der Waals surface area contributed by atoms with E-state index in [1.807, 2.05) is 29.6 Å². The molecule has 0 spiro atoms. The SMILES string of the molecule is CN=c1scc(-c2ccc(F)cc2)n1/N=C/c1cccc(Br)c1. The molecule has 23 heavy (non-hydrogen) atoms. The van der Waals surface area contributed by atoms with Crippen molar-refractivity contribution in [3.05, 3.63) is 74.6 Å². The minimum absolute atomic E-state index is 0.256. The molecule has 0 aliphatic carbocycles. The largest absolute Gasteiger partial charge is 0.261 e. The second-order valence-electron chi connectivity index (χ2n) is 4.75. The molecule has 3 aromatic rings. The topological polar surface area (TPSA) is 29.6 Å². The number of halogens is 2. The molecule has 116 valence electrons. The van der Waals surface area contributed by atoms with Crippen LogP contribution < -0.4 is 4.80 Å². The molecule has 0 N–H and O–H groups in total. The highest BCUT2D eigenvalue weighted by molar-refractivity contribution is 9.10. The first-order valence-corrected chi connectivity index (χ1v) is 8.54. The monoisotopic (exact) mass is 389 g/mol. The Morgan fingerprint density at radius 3 is 2.65 bits per heavy atom. The predicted molar refractivity (Wildman–Crippen MR) is 96.3 cm³/mol. The van der Waals surface area contributed by atoms with E-state index in [1.165, 1.54) is 23.5 Å². The summed E-state index contributed by atoms with van der Waals surface area (Å²) >= 11 is 4.94. The van der Waals surface area contributed by atoms with Crippen LogP contribution in [0.1, 0.15) is 5.56 Å². The van der Waals surface area contributed by atoms with Gasteiger partial charge in [0.1, 0.15) is 5.82 Å². The van der Waals surface area contributed by atoms with Gasteiger partial charge in [-0.05, 0) is 42.0 Å². The van der Waals surface area contributed by atoms with Gasteiger partial charge in [0.25, 0.3) is 0 Å². The van der Waals surface area contributed by atoms with Gasteiger partial charge in [-0.1, -0.05) is 28.1 Å². The molecule has 1 aromatic heterocycles. The highest BCUT2D eigenvalue weighted by Gasteiger charge is 2.07. The van der Waals surface area contributed by atoms with Crippen LogP contribution in [-0.4, -0.2) is 17.9 Å². The summed E-state index contributed by atoms with van der Waals surface area (Å²) in [5.74, 6) is -0.256. The van der Waals surface area contributed by atoms with Crippen LogP contribution in [0, 0.1) is 5.82 Å². The summed E-state index contributed by atoms with van der Waals surface area (Å²) in [5, 5.41) is 6.51. The number of benzene rings is 2. The Bertz CT molecular complexity index is 910. The summed E-state index contributed by atoms with van der Waals surface area (Å²) in [7, 11) is 1.73. The number of hydrogen-bond donors (Lipinski definition) is 0. The van der Waals surface area contributed by atoms with Gasteiger partial charge in [0.15, 0.2) is 0 Å². The first-order chi connectivity index (χ1) is 11.2. The summed E-state index contributed by atoms with van der Waals surface area (Å²) < 4.78 is 15.9. The van der Waals surface area contributed by atoms with E-state index in [-0.39, 0.29) is 5.82 Å². The average Bonchev–Trinajstić information content (AvgIpc) is 2.96. The van der Waals surface area contributed by atoms with Crippen LogP contribution in [0.3, 0.4) is 0 Å². The van der Waals surface area contributed by atoms with Crippen LogP contribution in [0.5, 0.6) is 0 Å². The van der Waals surface area contributed by atoms with E-state index in [1.54, 1.807) is 30.1 Å². The normalized spacial score (nSPS) is 12.2. The molecule has 6 heteroatoms. The van der Waals surface area contributed by atoms with E-state index < -0.39 is 0 Å². The lowest BCUT2D eigenvalue weighted by molar-refractivity contribution is 0.628. The molecule has 0 atom stereocenters. The third-order valence-electron chi connectivity index (χ3n) is 3.19. The van der Waals surface area contributed by atoms with E-state index >= 15 is 0 Å². The van der Waals surface area contributed by atoms with E-state index in [4.69, 9.17) is 0 Å². The maximum absolute atomic E-state index is 13.1. The molecule has 3 nitrogen and oxygen atoms in total. The zero-order valence-electron chi connectivity index (χ0n) is 12.3. The van der Waals surface area contributed by atoms with Crippen LogP contribution in [-0.2, 0) is 0 Å². The molecular weight excluding hydrogens is 377 g/mol. The average molecular weight is 390 g/mol. The fraction of sp³-hybridized carbons (Fsp3) is 0.0588. The molecule has 0 radical (unpaired) electrons. The molecule has 0 saturated heterocycles. The van der Waals surface area contributed by atoms with Gasteiger partial charge in [-0.2, -0.15) is 5.10 Å². The molecule has 0 aliphatic rings. The van der Waals surface area contributed by atoms with Gasteiger partial charge in [0, 0.05) is 22.5 Å². The van der Waals surface area contributed by atoms with E-state index in [0.29, 0.717) is 0 Å². The van der Waals surface area contributed by atoms with Crippen molar-refractivity contribution >= 4 is 33.5 Å². The lowest BCUT2D eigenvalue weighted by atomic mass is 10.2. The van der Waals surface area contributed by atoms with Crippen LogP contribution in [0.2, 0.25) is 0 Å². The molecule has 2 aromatic carbocycles. The van der Waals surface area contributed by atoms with Crippen molar-refractivity contribution in [3.8, 4) is 11.3 Å². The van der Waals surface area contributed by atoms with Crippen LogP contribution in [0.4, 0.5) is 4.39 Å². The van der Waals surface area contributed by atoms with E-state index in [2.05, 4.69) is 26.0 Å². The number of nitrogens with zero attached hydrogens (tertiary/aromatic N) is 3. The molecule has 0 amide bonds. The summed E-state index contributed by atoms with van der Waals surface area (Å²) in [5.41, 5.74) is 2.75. The summed E-state index contributed by atoms with van der Waals surface area (Å²) in [6.45, 7) is 0. The number of aromatic nitrogens is 1. The summed E-state index contributed by atoms with van der Waals surface area (Å²) in [6, 6.07) is 14.2. The van der Waals surface area contributed by atoms with Crippen molar-refractivity contribution in [2.75, 3.05) is 7.05 Å². The van der Waals surface area contributed by atoms with Crippen molar-refractivity contribution < 1.29 is 4.39 Å². The lowest BCUT2D eigenvalue weighted by Crippen LogP contribution is -2.11. The molecule has 0 bridgehead atoms. The van der Waals surface area contributed by atoms with Gasteiger partial charge in [-0.15, -0.1) is 11.3 Å². The molecule has 0 unspecified atom stereocenters. The first-order valence-electron chi connectivity index (χ1n) is 6.86. The van der Waals surface area contributed by atoms with Crippen molar-refractivity contribution in [2.24, 2.45) is 10.1 Å². The van der Waals surface area contributed by atoms with Gasteiger partial charge < -0.3 is 0 Å². The fourth-order valence-corrected chi connectivity index (χ4v) is 3.31. The standard InChI is InChI=1S/C17H13BrFN3S/c1-20-17-22(21-10-12-3-2-4-14(18)9-12)16(11-23-17)13-5-7-15(19)8-6-13/h2-11H,1H3/b20-17?,21-10+. The number of rotatable bonds is 3. The second kappa shape index (κ2) is 7.02. The minimum atomic E-state index is -0.256. The Morgan fingerprint density at radius 2 is 1.96 bits per heavy atom. The minimum Gasteiger partial charge on any atom is -0.261 e. The highest BCUT2D eigenvalue weighted by Crippen LogP contribution is 2.20. The Morgan fingerprint density at radius 1 is 1.17 bits per heavy atom. The maximum atomic E-state index is 13.1. The van der Waals surface area contributed by atoms with Crippen LogP contribution >= 0.6 is 27.3 Å². The molecule has 3 rings (SSSR count). The zero-order valence-corrected chi connectivity index (χ0v) is 14.7. The fourth-order valence-electron chi connectivity index (χ4n) is 2.09. The Balaban J connectivity index is 2.04. The van der Waals surface area contributed by atoms with E-state index in [9.17, 15) is 4.39 Å². The lowest BCUT2D eigenvalue weighted by Gasteiger charge is -2.03. The summed E-state index contributed by atoms with van der Waals surface area (Å²) in [6.07, 6.45) is 1.78. The van der Waals surface area contributed by atoms with Crippen LogP contribution in [0.15, 0.2) is 68.5 Å². The Labute approximate surface area is 145 Å². The summed E-state index contributed by atoms with van der Waals surface area (Å²) in [4.78, 5) is 5.02. The van der Waals surface area contributed by atoms with Crippen molar-refractivity contribution in [1.29, 1.82) is 0 Å². The third-order valence-corrected chi connectivity index (χ3v) is 4.59. The Hall–Kier alpha value is -2.05. The second-order valence-corrected chi connectivity index (χ2v) is 6.50. The molecule has 0 aliphatic heterocycles. The van der Waals surface area contributed by atoms with Crippen molar-refractivity contribution in [1.82, 2.24) is 4.68 Å². The molecule has 0 saturated carbocycles. The van der Waals surface area contributed by atoms with Crippen molar-refractivity contribution in [2.45, 2.75) is 0 Å². The first kappa shape index (κ1) is 15.8. The number of thiazole rings is 1. The van der Waals surface area contributed by atoms with Gasteiger partial charge >= 0.3 is 0 Å². The molecular formula is C17H13BrFN3S. The van der Waals surface area contributed by atoms with E-state index in [0.717, 1.165) is 26.1 Å². The molecule has 1 heterocycles. The number of hydrogen-bond acceptors (Lipinski definition) is 3. The quantitative estimate of drug-likeness (QED) is 0.589. The zero-order chi connectivity index (χ0) is 16.2. The van der Waals surface area contributed by atoms with Gasteiger partial charge in [0.05, 0.1) is 11.9 Å². The maximum Gasteiger partial charge on any atom is 0.205 e. The third kappa shape index (κ3) is 3.65. The van der Waals surface area contributed by atoms with Gasteiger partial charge in [-0.3, -0.25) is 4.99 Å².